The van der Waals surface area contributed by atoms with Gasteiger partial charge in [-0.2, -0.15) is 0 Å². The predicted molar refractivity (Wildman–Crippen MR) is 80.8 cm³/mol. The van der Waals surface area contributed by atoms with Crippen LogP contribution in [0.2, 0.25) is 0 Å². The number of rotatable bonds is 1. The van der Waals surface area contributed by atoms with Gasteiger partial charge in [-0.3, -0.25) is 0 Å². The van der Waals surface area contributed by atoms with Crippen molar-refractivity contribution in [1.29, 1.82) is 0 Å². The van der Waals surface area contributed by atoms with Crippen LogP contribution in [0.25, 0.3) is 22.2 Å². The van der Waals surface area contributed by atoms with Gasteiger partial charge >= 0.3 is 0 Å². The topological polar surface area (TPSA) is 4.93 Å². The SMILES string of the molecule is Cc1c(Br)cccc1-c1cc2ccccc2n1C. The van der Waals surface area contributed by atoms with E-state index < -0.39 is 0 Å². The molecule has 0 aliphatic rings. The van der Waals surface area contributed by atoms with Gasteiger partial charge in [-0.05, 0) is 30.7 Å². The molecular weight excluding hydrogens is 286 g/mol. The van der Waals surface area contributed by atoms with Crippen molar-refractivity contribution in [3.8, 4) is 11.3 Å². The Bertz CT molecular complexity index is 725. The van der Waals surface area contributed by atoms with Crippen LogP contribution in [-0.2, 0) is 7.05 Å². The van der Waals surface area contributed by atoms with Gasteiger partial charge in [-0.25, -0.2) is 0 Å². The molecule has 2 aromatic carbocycles. The Morgan fingerprint density at radius 3 is 2.56 bits per heavy atom. The average Bonchev–Trinajstić information content (AvgIpc) is 2.71. The molecule has 0 saturated heterocycles. The lowest BCUT2D eigenvalue weighted by atomic mass is 10.1. The molecule has 0 saturated carbocycles. The van der Waals surface area contributed by atoms with Crippen LogP contribution in [-0.4, -0.2) is 4.57 Å². The number of hydrogen-bond donors (Lipinski definition) is 0. The van der Waals surface area contributed by atoms with Crippen LogP contribution in [0, 0.1) is 6.92 Å². The molecule has 0 fully saturated rings. The molecule has 1 heterocycles. The molecule has 0 N–H and O–H groups in total. The Hall–Kier alpha value is -1.54. The van der Waals surface area contributed by atoms with Gasteiger partial charge in [0.2, 0.25) is 0 Å². The molecule has 0 aliphatic heterocycles. The highest BCUT2D eigenvalue weighted by Crippen LogP contribution is 2.32. The summed E-state index contributed by atoms with van der Waals surface area (Å²) in [6.45, 7) is 2.15. The first-order chi connectivity index (χ1) is 8.68. The van der Waals surface area contributed by atoms with Crippen molar-refractivity contribution < 1.29 is 0 Å². The smallest absolute Gasteiger partial charge is 0.0491 e. The number of benzene rings is 2. The van der Waals surface area contributed by atoms with Gasteiger partial charge in [-0.1, -0.05) is 46.3 Å². The maximum Gasteiger partial charge on any atom is 0.0491 e. The third-order valence-electron chi connectivity index (χ3n) is 3.50. The van der Waals surface area contributed by atoms with E-state index in [1.807, 2.05) is 0 Å². The lowest BCUT2D eigenvalue weighted by molar-refractivity contribution is 0.976. The molecule has 2 heteroatoms. The summed E-state index contributed by atoms with van der Waals surface area (Å²) in [5, 5.41) is 1.29. The van der Waals surface area contributed by atoms with Crippen LogP contribution in [0.4, 0.5) is 0 Å². The fourth-order valence-electron chi connectivity index (χ4n) is 2.43. The Labute approximate surface area is 115 Å². The molecule has 0 amide bonds. The van der Waals surface area contributed by atoms with Crippen LogP contribution in [0.3, 0.4) is 0 Å². The van der Waals surface area contributed by atoms with Crippen LogP contribution in [0.1, 0.15) is 5.56 Å². The first-order valence-corrected chi connectivity index (χ1v) is 6.78. The molecule has 0 unspecified atom stereocenters. The third-order valence-corrected chi connectivity index (χ3v) is 4.35. The molecule has 18 heavy (non-hydrogen) atoms. The summed E-state index contributed by atoms with van der Waals surface area (Å²) in [5.74, 6) is 0. The van der Waals surface area contributed by atoms with Crippen LogP contribution in [0.15, 0.2) is 53.0 Å². The Kier molecular flexibility index (Phi) is 2.75. The van der Waals surface area contributed by atoms with E-state index in [1.54, 1.807) is 0 Å². The fourth-order valence-corrected chi connectivity index (χ4v) is 2.80. The zero-order valence-electron chi connectivity index (χ0n) is 10.4. The molecule has 0 radical (unpaired) electrons. The second kappa shape index (κ2) is 4.29. The largest absolute Gasteiger partial charge is 0.344 e. The van der Waals surface area contributed by atoms with E-state index in [0.29, 0.717) is 0 Å². The minimum atomic E-state index is 1.16. The molecule has 0 bridgehead atoms. The maximum atomic E-state index is 3.60. The van der Waals surface area contributed by atoms with Crippen LogP contribution >= 0.6 is 15.9 Å². The number of halogens is 1. The zero-order chi connectivity index (χ0) is 12.7. The van der Waals surface area contributed by atoms with E-state index in [1.165, 1.54) is 27.7 Å². The van der Waals surface area contributed by atoms with Crippen molar-refractivity contribution in [3.05, 3.63) is 58.6 Å². The highest BCUT2D eigenvalue weighted by atomic mass is 79.9. The second-order valence-corrected chi connectivity index (χ2v) is 5.41. The zero-order valence-corrected chi connectivity index (χ0v) is 12.0. The molecule has 0 atom stereocenters. The van der Waals surface area contributed by atoms with Crippen LogP contribution < -0.4 is 0 Å². The standard InChI is InChI=1S/C16H14BrN/c1-11-13(7-5-8-14(11)17)16-10-12-6-3-4-9-15(12)18(16)2/h3-10H,1-2H3. The average molecular weight is 300 g/mol. The van der Waals surface area contributed by atoms with Crippen molar-refractivity contribution in [2.45, 2.75) is 6.92 Å². The number of hydrogen-bond acceptors (Lipinski definition) is 0. The Morgan fingerprint density at radius 1 is 1.00 bits per heavy atom. The van der Waals surface area contributed by atoms with Crippen molar-refractivity contribution >= 4 is 26.8 Å². The highest BCUT2D eigenvalue weighted by Gasteiger charge is 2.10. The number of aryl methyl sites for hydroxylation is 1. The minimum Gasteiger partial charge on any atom is -0.344 e. The molecule has 3 aromatic rings. The second-order valence-electron chi connectivity index (χ2n) is 4.56. The minimum absolute atomic E-state index is 1.16. The van der Waals surface area contributed by atoms with E-state index >= 15 is 0 Å². The molecular formula is C16H14BrN. The van der Waals surface area contributed by atoms with Crippen molar-refractivity contribution in [3.63, 3.8) is 0 Å². The van der Waals surface area contributed by atoms with Crippen LogP contribution in [0.5, 0.6) is 0 Å². The number of nitrogens with zero attached hydrogens (tertiary/aromatic N) is 1. The summed E-state index contributed by atoms with van der Waals surface area (Å²) >= 11 is 3.60. The summed E-state index contributed by atoms with van der Waals surface area (Å²) in [6, 6.07) is 17.1. The van der Waals surface area contributed by atoms with Gasteiger partial charge in [0.15, 0.2) is 0 Å². The fraction of sp³-hybridized carbons (Fsp3) is 0.125. The quantitative estimate of drug-likeness (QED) is 0.601. The molecule has 0 aliphatic carbocycles. The van der Waals surface area contributed by atoms with Gasteiger partial charge < -0.3 is 4.57 Å². The summed E-state index contributed by atoms with van der Waals surface area (Å²) in [7, 11) is 2.12. The van der Waals surface area contributed by atoms with Gasteiger partial charge in [0.1, 0.15) is 0 Å². The molecule has 1 aromatic heterocycles. The van der Waals surface area contributed by atoms with Gasteiger partial charge in [0.25, 0.3) is 0 Å². The maximum absolute atomic E-state index is 3.60. The van der Waals surface area contributed by atoms with E-state index in [0.717, 1.165) is 4.47 Å². The molecule has 3 rings (SSSR count). The summed E-state index contributed by atoms with van der Waals surface area (Å²) in [4.78, 5) is 0. The summed E-state index contributed by atoms with van der Waals surface area (Å²) in [6.07, 6.45) is 0. The third kappa shape index (κ3) is 1.68. The van der Waals surface area contributed by atoms with Crippen molar-refractivity contribution in [2.75, 3.05) is 0 Å². The lowest BCUT2D eigenvalue weighted by Gasteiger charge is -2.09. The van der Waals surface area contributed by atoms with E-state index in [9.17, 15) is 0 Å². The van der Waals surface area contributed by atoms with E-state index in [2.05, 4.69) is 83.0 Å². The predicted octanol–water partition coefficient (Wildman–Crippen LogP) is 4.92. The molecule has 0 spiro atoms. The Balaban J connectivity index is 2.32. The van der Waals surface area contributed by atoms with Gasteiger partial charge in [0.05, 0.1) is 0 Å². The number of aromatic nitrogens is 1. The van der Waals surface area contributed by atoms with Crippen molar-refractivity contribution in [2.24, 2.45) is 7.05 Å². The molecule has 90 valence electrons. The number of para-hydroxylation sites is 1. The molecule has 1 nitrogen and oxygen atoms in total. The van der Waals surface area contributed by atoms with E-state index in [-0.39, 0.29) is 0 Å². The monoisotopic (exact) mass is 299 g/mol. The van der Waals surface area contributed by atoms with Gasteiger partial charge in [0, 0.05) is 33.7 Å². The summed E-state index contributed by atoms with van der Waals surface area (Å²) in [5.41, 5.74) is 5.09. The summed E-state index contributed by atoms with van der Waals surface area (Å²) < 4.78 is 3.41. The highest BCUT2D eigenvalue weighted by molar-refractivity contribution is 9.10. The Morgan fingerprint density at radius 2 is 1.78 bits per heavy atom. The lowest BCUT2D eigenvalue weighted by Crippen LogP contribution is -1.93. The van der Waals surface area contributed by atoms with Crippen molar-refractivity contribution in [1.82, 2.24) is 4.57 Å². The normalized spacial score (nSPS) is 11.1. The van der Waals surface area contributed by atoms with E-state index in [4.69, 9.17) is 0 Å². The van der Waals surface area contributed by atoms with Gasteiger partial charge in [-0.15, -0.1) is 0 Å². The number of fused-ring (bicyclic) bond motifs is 1. The first kappa shape index (κ1) is 11.5. The first-order valence-electron chi connectivity index (χ1n) is 5.98.